The van der Waals surface area contributed by atoms with Crippen LogP contribution in [0.2, 0.25) is 0 Å². The number of esters is 1. The first kappa shape index (κ1) is 14.7. The molecule has 3 heteroatoms. The van der Waals surface area contributed by atoms with Gasteiger partial charge in [0.1, 0.15) is 6.04 Å². The Hall–Kier alpha value is -1.35. The Morgan fingerprint density at radius 3 is 2.06 bits per heavy atom. The Morgan fingerprint density at radius 1 is 1.17 bits per heavy atom. The molecule has 1 rings (SSSR count). The minimum absolute atomic E-state index is 0.195. The Morgan fingerprint density at radius 2 is 1.67 bits per heavy atom. The Balaban J connectivity index is 2.96. The van der Waals surface area contributed by atoms with Crippen molar-refractivity contribution in [2.75, 3.05) is 20.7 Å². The molecule has 0 heterocycles. The number of hydrogen-bond donors (Lipinski definition) is 0. The average molecular weight is 249 g/mol. The van der Waals surface area contributed by atoms with E-state index in [1.54, 1.807) is 0 Å². The number of rotatable bonds is 5. The molecule has 0 amide bonds. The highest BCUT2D eigenvalue weighted by atomic mass is 16.5. The maximum absolute atomic E-state index is 11.9. The molecule has 1 atom stereocenters. The fraction of sp³-hybridized carbons (Fsp3) is 0.533. The molecule has 1 aromatic rings. The highest BCUT2D eigenvalue weighted by molar-refractivity contribution is 5.77. The first-order valence-corrected chi connectivity index (χ1v) is 6.40. The van der Waals surface area contributed by atoms with E-state index in [0.29, 0.717) is 12.5 Å². The topological polar surface area (TPSA) is 29.5 Å². The van der Waals surface area contributed by atoms with Gasteiger partial charge in [0, 0.05) is 0 Å². The molecule has 1 unspecified atom stereocenters. The van der Waals surface area contributed by atoms with Gasteiger partial charge in [-0.05, 0) is 38.1 Å². The van der Waals surface area contributed by atoms with Crippen LogP contribution in [-0.4, -0.2) is 31.6 Å². The molecule has 100 valence electrons. The van der Waals surface area contributed by atoms with Crippen molar-refractivity contribution in [2.24, 2.45) is 0 Å². The Bertz CT molecular complexity index is 382. The van der Waals surface area contributed by atoms with Gasteiger partial charge in [-0.2, -0.15) is 0 Å². The highest BCUT2D eigenvalue weighted by Crippen LogP contribution is 2.22. The molecule has 0 aliphatic carbocycles. The van der Waals surface area contributed by atoms with Crippen LogP contribution in [0.25, 0.3) is 0 Å². The summed E-state index contributed by atoms with van der Waals surface area (Å²) in [6.45, 7) is 6.55. The summed E-state index contributed by atoms with van der Waals surface area (Å²) in [6.07, 6.45) is 0. The van der Waals surface area contributed by atoms with Gasteiger partial charge in [0.2, 0.25) is 0 Å². The van der Waals surface area contributed by atoms with Gasteiger partial charge in [0.25, 0.3) is 0 Å². The summed E-state index contributed by atoms with van der Waals surface area (Å²) < 4.78 is 5.12. The fourth-order valence-corrected chi connectivity index (χ4v) is 1.93. The lowest BCUT2D eigenvalue weighted by molar-refractivity contribution is -0.148. The van der Waals surface area contributed by atoms with E-state index in [9.17, 15) is 4.79 Å². The van der Waals surface area contributed by atoms with E-state index >= 15 is 0 Å². The lowest BCUT2D eigenvalue weighted by Crippen LogP contribution is -2.29. The minimum atomic E-state index is -0.328. The predicted octanol–water partition coefficient (Wildman–Crippen LogP) is 2.98. The summed E-state index contributed by atoms with van der Waals surface area (Å²) in [5.41, 5.74) is 2.25. The number of ether oxygens (including phenoxy) is 1. The fourth-order valence-electron chi connectivity index (χ4n) is 1.93. The third-order valence-electron chi connectivity index (χ3n) is 2.95. The number of benzene rings is 1. The van der Waals surface area contributed by atoms with Crippen molar-refractivity contribution in [2.45, 2.75) is 32.7 Å². The lowest BCUT2D eigenvalue weighted by Gasteiger charge is -2.23. The molecular formula is C15H23NO2. The predicted molar refractivity (Wildman–Crippen MR) is 73.6 cm³/mol. The second-order valence-corrected chi connectivity index (χ2v) is 4.94. The van der Waals surface area contributed by atoms with Gasteiger partial charge in [0.15, 0.2) is 0 Å². The standard InChI is InChI=1S/C15H23NO2/c1-6-18-15(17)14(16(4)5)13-9-7-12(8-10-13)11(2)3/h7-11,14H,6H2,1-5H3. The monoisotopic (exact) mass is 249 g/mol. The van der Waals surface area contributed by atoms with Crippen molar-refractivity contribution in [1.29, 1.82) is 0 Å². The number of carbonyl (C=O) groups is 1. The van der Waals surface area contributed by atoms with Crippen LogP contribution < -0.4 is 0 Å². The SMILES string of the molecule is CCOC(=O)C(c1ccc(C(C)C)cc1)N(C)C. The van der Waals surface area contributed by atoms with Gasteiger partial charge >= 0.3 is 5.97 Å². The second kappa shape index (κ2) is 6.55. The van der Waals surface area contributed by atoms with E-state index < -0.39 is 0 Å². The van der Waals surface area contributed by atoms with Crippen LogP contribution in [0, 0.1) is 0 Å². The Labute approximate surface area is 110 Å². The van der Waals surface area contributed by atoms with Gasteiger partial charge in [-0.1, -0.05) is 38.1 Å². The summed E-state index contributed by atoms with van der Waals surface area (Å²) in [6, 6.07) is 7.85. The zero-order valence-electron chi connectivity index (χ0n) is 11.9. The average Bonchev–Trinajstić information content (AvgIpc) is 2.29. The first-order chi connectivity index (χ1) is 8.47. The van der Waals surface area contributed by atoms with Crippen LogP contribution in [0.3, 0.4) is 0 Å². The summed E-state index contributed by atoms with van der Waals surface area (Å²) in [4.78, 5) is 13.8. The Kier molecular flexibility index (Phi) is 5.35. The number of likely N-dealkylation sites (N-methyl/N-ethyl adjacent to an activating group) is 1. The molecule has 0 saturated carbocycles. The van der Waals surface area contributed by atoms with Crippen LogP contribution in [0.5, 0.6) is 0 Å². The van der Waals surface area contributed by atoms with Crippen LogP contribution in [0.15, 0.2) is 24.3 Å². The molecule has 0 radical (unpaired) electrons. The summed E-state index contributed by atoms with van der Waals surface area (Å²) in [7, 11) is 3.77. The van der Waals surface area contributed by atoms with Gasteiger partial charge in [-0.15, -0.1) is 0 Å². The number of hydrogen-bond acceptors (Lipinski definition) is 3. The molecule has 1 aromatic carbocycles. The van der Waals surface area contributed by atoms with Crippen molar-refractivity contribution in [3.63, 3.8) is 0 Å². The number of carbonyl (C=O) groups excluding carboxylic acids is 1. The summed E-state index contributed by atoms with van der Waals surface area (Å²) >= 11 is 0. The summed E-state index contributed by atoms with van der Waals surface area (Å²) in [5.74, 6) is 0.305. The lowest BCUT2D eigenvalue weighted by atomic mass is 9.99. The van der Waals surface area contributed by atoms with Gasteiger partial charge in [-0.25, -0.2) is 4.79 Å². The summed E-state index contributed by atoms with van der Waals surface area (Å²) in [5, 5.41) is 0. The van der Waals surface area contributed by atoms with Crippen molar-refractivity contribution in [1.82, 2.24) is 4.90 Å². The third kappa shape index (κ3) is 3.57. The van der Waals surface area contributed by atoms with Crippen molar-refractivity contribution >= 4 is 5.97 Å². The van der Waals surface area contributed by atoms with Crippen LogP contribution in [0.1, 0.15) is 43.9 Å². The van der Waals surface area contributed by atoms with Gasteiger partial charge in [-0.3, -0.25) is 4.90 Å². The highest BCUT2D eigenvalue weighted by Gasteiger charge is 2.24. The molecule has 0 spiro atoms. The van der Waals surface area contributed by atoms with Crippen LogP contribution in [0.4, 0.5) is 0 Å². The van der Waals surface area contributed by atoms with Crippen molar-refractivity contribution in [3.8, 4) is 0 Å². The molecule has 0 saturated heterocycles. The third-order valence-corrected chi connectivity index (χ3v) is 2.95. The molecule has 0 N–H and O–H groups in total. The first-order valence-electron chi connectivity index (χ1n) is 6.40. The quantitative estimate of drug-likeness (QED) is 0.751. The molecule has 3 nitrogen and oxygen atoms in total. The van der Waals surface area contributed by atoms with Crippen LogP contribution in [-0.2, 0) is 9.53 Å². The van der Waals surface area contributed by atoms with Gasteiger partial charge in [0.05, 0.1) is 6.61 Å². The molecule has 0 fully saturated rings. The van der Waals surface area contributed by atoms with E-state index in [2.05, 4.69) is 26.0 Å². The zero-order chi connectivity index (χ0) is 13.7. The largest absolute Gasteiger partial charge is 0.465 e. The number of nitrogens with zero attached hydrogens (tertiary/aromatic N) is 1. The zero-order valence-corrected chi connectivity index (χ0v) is 11.9. The maximum atomic E-state index is 11.9. The van der Waals surface area contributed by atoms with E-state index in [4.69, 9.17) is 4.74 Å². The molecule has 0 aliphatic heterocycles. The smallest absolute Gasteiger partial charge is 0.327 e. The molecule has 18 heavy (non-hydrogen) atoms. The molecule has 0 aromatic heterocycles. The molecule has 0 bridgehead atoms. The van der Waals surface area contributed by atoms with E-state index in [-0.39, 0.29) is 12.0 Å². The second-order valence-electron chi connectivity index (χ2n) is 4.94. The van der Waals surface area contributed by atoms with Crippen molar-refractivity contribution < 1.29 is 9.53 Å². The van der Waals surface area contributed by atoms with Crippen LogP contribution >= 0.6 is 0 Å². The minimum Gasteiger partial charge on any atom is -0.465 e. The van der Waals surface area contributed by atoms with E-state index in [0.717, 1.165) is 5.56 Å². The maximum Gasteiger partial charge on any atom is 0.327 e. The molecular weight excluding hydrogens is 226 g/mol. The van der Waals surface area contributed by atoms with Crippen molar-refractivity contribution in [3.05, 3.63) is 35.4 Å². The van der Waals surface area contributed by atoms with E-state index in [1.165, 1.54) is 5.56 Å². The van der Waals surface area contributed by atoms with Gasteiger partial charge < -0.3 is 4.74 Å². The molecule has 0 aliphatic rings. The normalized spacial score (nSPS) is 12.8. The van der Waals surface area contributed by atoms with E-state index in [1.807, 2.05) is 38.1 Å².